The van der Waals surface area contributed by atoms with Gasteiger partial charge >= 0.3 is 0 Å². The largest absolute Gasteiger partial charge is 0.351 e. The summed E-state index contributed by atoms with van der Waals surface area (Å²) in [4.78, 5) is 10.7. The minimum absolute atomic E-state index is 0.0266. The van der Waals surface area contributed by atoms with Crippen LogP contribution in [-0.4, -0.2) is 12.5 Å². The second-order valence-corrected chi connectivity index (χ2v) is 2.61. The third-order valence-electron chi connectivity index (χ3n) is 1.59. The van der Waals surface area contributed by atoms with Crippen LogP contribution in [0.5, 0.6) is 0 Å². The SMILES string of the molecule is NCC(=O)NCc1ccc(F)cc1. The molecule has 0 aromatic heterocycles. The van der Waals surface area contributed by atoms with Crippen LogP contribution in [0.25, 0.3) is 0 Å². The molecule has 70 valence electrons. The number of halogens is 1. The number of nitrogens with one attached hydrogen (secondary N) is 1. The molecule has 0 radical (unpaired) electrons. The van der Waals surface area contributed by atoms with Crippen molar-refractivity contribution in [3.05, 3.63) is 35.6 Å². The number of carbonyl (C=O) groups is 1. The monoisotopic (exact) mass is 182 g/mol. The van der Waals surface area contributed by atoms with Crippen molar-refractivity contribution in [2.45, 2.75) is 6.54 Å². The molecule has 0 heterocycles. The second kappa shape index (κ2) is 4.57. The van der Waals surface area contributed by atoms with Gasteiger partial charge in [-0.05, 0) is 17.7 Å². The fourth-order valence-corrected chi connectivity index (χ4v) is 0.875. The van der Waals surface area contributed by atoms with Crippen molar-refractivity contribution >= 4 is 5.91 Å². The van der Waals surface area contributed by atoms with Gasteiger partial charge in [0.05, 0.1) is 6.54 Å². The zero-order chi connectivity index (χ0) is 9.68. The molecule has 0 fully saturated rings. The fourth-order valence-electron chi connectivity index (χ4n) is 0.875. The molecular weight excluding hydrogens is 171 g/mol. The third kappa shape index (κ3) is 3.21. The minimum Gasteiger partial charge on any atom is -0.351 e. The molecule has 3 N–H and O–H groups in total. The second-order valence-electron chi connectivity index (χ2n) is 2.61. The van der Waals surface area contributed by atoms with Crippen LogP contribution in [0.4, 0.5) is 4.39 Å². The summed E-state index contributed by atoms with van der Waals surface area (Å²) in [6.07, 6.45) is 0. The first-order chi connectivity index (χ1) is 6.22. The summed E-state index contributed by atoms with van der Waals surface area (Å²) in [6.45, 7) is 0.359. The number of carbonyl (C=O) groups excluding carboxylic acids is 1. The molecular formula is C9H11FN2O. The summed E-state index contributed by atoms with van der Waals surface area (Å²) in [5.41, 5.74) is 5.94. The highest BCUT2D eigenvalue weighted by molar-refractivity contribution is 5.77. The summed E-state index contributed by atoms with van der Waals surface area (Å²) in [5.74, 6) is -0.502. The number of nitrogens with two attached hydrogens (primary N) is 1. The molecule has 0 spiro atoms. The molecule has 1 aromatic rings. The lowest BCUT2D eigenvalue weighted by molar-refractivity contribution is -0.119. The molecule has 0 aliphatic carbocycles. The average Bonchev–Trinajstić information content (AvgIpc) is 2.16. The van der Waals surface area contributed by atoms with Gasteiger partial charge in [-0.25, -0.2) is 4.39 Å². The molecule has 1 aromatic carbocycles. The van der Waals surface area contributed by atoms with Crippen LogP contribution in [-0.2, 0) is 11.3 Å². The van der Waals surface area contributed by atoms with E-state index in [1.807, 2.05) is 0 Å². The van der Waals surface area contributed by atoms with E-state index >= 15 is 0 Å². The van der Waals surface area contributed by atoms with Gasteiger partial charge in [-0.3, -0.25) is 4.79 Å². The van der Waals surface area contributed by atoms with Gasteiger partial charge in [0.15, 0.2) is 0 Å². The van der Waals surface area contributed by atoms with Crippen LogP contribution in [0.3, 0.4) is 0 Å². The molecule has 1 amide bonds. The van der Waals surface area contributed by atoms with Crippen LogP contribution < -0.4 is 11.1 Å². The lowest BCUT2D eigenvalue weighted by Crippen LogP contribution is -2.29. The van der Waals surface area contributed by atoms with Crippen molar-refractivity contribution in [1.29, 1.82) is 0 Å². The highest BCUT2D eigenvalue weighted by Gasteiger charge is 1.97. The van der Waals surface area contributed by atoms with E-state index in [2.05, 4.69) is 5.32 Å². The Bertz CT molecular complexity index is 284. The van der Waals surface area contributed by atoms with E-state index in [1.165, 1.54) is 12.1 Å². The Hall–Kier alpha value is -1.42. The molecule has 0 unspecified atom stereocenters. The van der Waals surface area contributed by atoms with Gasteiger partial charge in [0, 0.05) is 6.54 Å². The Balaban J connectivity index is 2.46. The Morgan fingerprint density at radius 2 is 2.00 bits per heavy atom. The van der Waals surface area contributed by atoms with E-state index in [0.717, 1.165) is 5.56 Å². The molecule has 0 aliphatic heterocycles. The quantitative estimate of drug-likeness (QED) is 0.711. The Labute approximate surface area is 75.7 Å². The first kappa shape index (κ1) is 9.67. The number of hydrogen-bond acceptors (Lipinski definition) is 2. The fraction of sp³-hybridized carbons (Fsp3) is 0.222. The van der Waals surface area contributed by atoms with Crippen molar-refractivity contribution in [2.24, 2.45) is 5.73 Å². The first-order valence-electron chi connectivity index (χ1n) is 3.93. The smallest absolute Gasteiger partial charge is 0.234 e. The van der Waals surface area contributed by atoms with Crippen molar-refractivity contribution < 1.29 is 9.18 Å². The molecule has 3 nitrogen and oxygen atoms in total. The van der Waals surface area contributed by atoms with E-state index in [0.29, 0.717) is 6.54 Å². The van der Waals surface area contributed by atoms with E-state index in [9.17, 15) is 9.18 Å². The molecule has 0 aliphatic rings. The third-order valence-corrected chi connectivity index (χ3v) is 1.59. The van der Waals surface area contributed by atoms with Crippen LogP contribution in [0.15, 0.2) is 24.3 Å². The van der Waals surface area contributed by atoms with Gasteiger partial charge in [0.25, 0.3) is 0 Å². The Morgan fingerprint density at radius 1 is 1.38 bits per heavy atom. The van der Waals surface area contributed by atoms with Gasteiger partial charge in [0.1, 0.15) is 5.82 Å². The van der Waals surface area contributed by atoms with Crippen LogP contribution in [0.1, 0.15) is 5.56 Å². The van der Waals surface area contributed by atoms with Crippen LogP contribution in [0.2, 0.25) is 0 Å². The van der Waals surface area contributed by atoms with Gasteiger partial charge in [-0.2, -0.15) is 0 Å². The maximum atomic E-state index is 12.4. The molecule has 13 heavy (non-hydrogen) atoms. The first-order valence-corrected chi connectivity index (χ1v) is 3.93. The molecule has 0 saturated heterocycles. The van der Waals surface area contributed by atoms with Crippen LogP contribution >= 0.6 is 0 Å². The highest BCUT2D eigenvalue weighted by Crippen LogP contribution is 2.01. The maximum Gasteiger partial charge on any atom is 0.234 e. The van der Waals surface area contributed by atoms with Crippen LogP contribution in [0, 0.1) is 5.82 Å². The average molecular weight is 182 g/mol. The van der Waals surface area contributed by atoms with Gasteiger partial charge in [-0.1, -0.05) is 12.1 Å². The number of rotatable bonds is 3. The van der Waals surface area contributed by atoms with E-state index in [4.69, 9.17) is 5.73 Å². The van der Waals surface area contributed by atoms with Gasteiger partial charge < -0.3 is 11.1 Å². The topological polar surface area (TPSA) is 55.1 Å². The Morgan fingerprint density at radius 3 is 2.54 bits per heavy atom. The summed E-state index contributed by atoms with van der Waals surface area (Å²) < 4.78 is 12.4. The molecule has 0 atom stereocenters. The summed E-state index contributed by atoms with van der Waals surface area (Å²) in [6, 6.07) is 5.94. The van der Waals surface area contributed by atoms with Gasteiger partial charge in [-0.15, -0.1) is 0 Å². The van der Waals surface area contributed by atoms with E-state index in [1.54, 1.807) is 12.1 Å². The van der Waals surface area contributed by atoms with E-state index in [-0.39, 0.29) is 18.3 Å². The zero-order valence-corrected chi connectivity index (χ0v) is 7.09. The molecule has 1 rings (SSSR count). The minimum atomic E-state index is -0.283. The van der Waals surface area contributed by atoms with Gasteiger partial charge in [0.2, 0.25) is 5.91 Å². The normalized spacial score (nSPS) is 9.69. The summed E-state index contributed by atoms with van der Waals surface area (Å²) >= 11 is 0. The Kier molecular flexibility index (Phi) is 3.40. The lowest BCUT2D eigenvalue weighted by Gasteiger charge is -2.02. The molecule has 0 bridgehead atoms. The predicted octanol–water partition coefficient (Wildman–Crippen LogP) is 0.401. The highest BCUT2D eigenvalue weighted by atomic mass is 19.1. The number of benzene rings is 1. The molecule has 0 saturated carbocycles. The predicted molar refractivity (Wildman–Crippen MR) is 47.3 cm³/mol. The van der Waals surface area contributed by atoms with E-state index < -0.39 is 0 Å². The zero-order valence-electron chi connectivity index (χ0n) is 7.09. The van der Waals surface area contributed by atoms with Crippen molar-refractivity contribution in [1.82, 2.24) is 5.32 Å². The maximum absolute atomic E-state index is 12.4. The summed E-state index contributed by atoms with van der Waals surface area (Å²) in [5, 5.41) is 2.58. The molecule has 4 heteroatoms. The lowest BCUT2D eigenvalue weighted by atomic mass is 10.2. The van der Waals surface area contributed by atoms with Crippen molar-refractivity contribution in [3.8, 4) is 0 Å². The number of amides is 1. The number of hydrogen-bond donors (Lipinski definition) is 2. The standard InChI is InChI=1S/C9H11FN2O/c10-8-3-1-7(2-4-8)6-12-9(13)5-11/h1-4H,5-6,11H2,(H,12,13). The van der Waals surface area contributed by atoms with Crippen molar-refractivity contribution in [3.63, 3.8) is 0 Å². The summed E-state index contributed by atoms with van der Waals surface area (Å²) in [7, 11) is 0. The van der Waals surface area contributed by atoms with Crippen molar-refractivity contribution in [2.75, 3.05) is 6.54 Å².